The highest BCUT2D eigenvalue weighted by atomic mass is 32.2. The third-order valence-electron chi connectivity index (χ3n) is 2.89. The first-order valence-electron chi connectivity index (χ1n) is 6.30. The largest absolute Gasteiger partial charge is 0.481 e. The quantitative estimate of drug-likeness (QED) is 0.726. The molecular formula is C14H12N4O2S. The second kappa shape index (κ2) is 5.92. The standard InChI is InChI=1S/C14H12N4O2S/c19-13(20)9-21-14-16-11-5-1-2-6-12(11)18(14)8-10-4-3-7-15-17-10/h1-7H,8-9H2,(H,19,20). The highest BCUT2D eigenvalue weighted by Gasteiger charge is 2.13. The summed E-state index contributed by atoms with van der Waals surface area (Å²) in [5, 5.41) is 17.5. The smallest absolute Gasteiger partial charge is 0.313 e. The van der Waals surface area contributed by atoms with Crippen LogP contribution in [-0.4, -0.2) is 36.6 Å². The number of fused-ring (bicyclic) bond motifs is 1. The Hall–Kier alpha value is -2.41. The lowest BCUT2D eigenvalue weighted by atomic mass is 10.3. The number of aromatic nitrogens is 4. The van der Waals surface area contributed by atoms with Crippen molar-refractivity contribution in [3.05, 3.63) is 48.3 Å². The number of carboxylic acid groups (broad SMARTS) is 1. The van der Waals surface area contributed by atoms with Crippen molar-refractivity contribution in [1.29, 1.82) is 0 Å². The molecule has 0 bridgehead atoms. The lowest BCUT2D eigenvalue weighted by Crippen LogP contribution is -2.06. The Morgan fingerprint density at radius 1 is 1.24 bits per heavy atom. The SMILES string of the molecule is O=C(O)CSc1nc2ccccc2n1Cc1cccnn1. The molecule has 7 heteroatoms. The van der Waals surface area contributed by atoms with E-state index in [1.807, 2.05) is 41.0 Å². The normalized spacial score (nSPS) is 10.9. The first-order valence-corrected chi connectivity index (χ1v) is 7.29. The molecule has 1 aromatic carbocycles. The third kappa shape index (κ3) is 3.03. The van der Waals surface area contributed by atoms with E-state index in [1.165, 1.54) is 11.8 Å². The van der Waals surface area contributed by atoms with E-state index >= 15 is 0 Å². The van der Waals surface area contributed by atoms with Gasteiger partial charge in [0.2, 0.25) is 0 Å². The molecule has 0 unspecified atom stereocenters. The fourth-order valence-corrected chi connectivity index (χ4v) is 2.76. The molecule has 0 spiro atoms. The highest BCUT2D eigenvalue weighted by Crippen LogP contribution is 2.24. The van der Waals surface area contributed by atoms with Gasteiger partial charge >= 0.3 is 5.97 Å². The van der Waals surface area contributed by atoms with Crippen LogP contribution in [0.3, 0.4) is 0 Å². The third-order valence-corrected chi connectivity index (χ3v) is 3.85. The number of hydrogen-bond donors (Lipinski definition) is 1. The molecule has 0 amide bonds. The maximum atomic E-state index is 10.8. The molecule has 6 nitrogen and oxygen atoms in total. The van der Waals surface area contributed by atoms with E-state index in [9.17, 15) is 4.79 Å². The van der Waals surface area contributed by atoms with Crippen molar-refractivity contribution in [3.63, 3.8) is 0 Å². The second-order valence-corrected chi connectivity index (χ2v) is 5.31. The Bertz CT molecular complexity index is 773. The average molecular weight is 300 g/mol. The second-order valence-electron chi connectivity index (χ2n) is 4.37. The fraction of sp³-hybridized carbons (Fsp3) is 0.143. The van der Waals surface area contributed by atoms with E-state index in [0.29, 0.717) is 11.7 Å². The average Bonchev–Trinajstić information content (AvgIpc) is 2.84. The monoisotopic (exact) mass is 300 g/mol. The van der Waals surface area contributed by atoms with Gasteiger partial charge in [0.1, 0.15) is 0 Å². The Morgan fingerprint density at radius 3 is 2.86 bits per heavy atom. The van der Waals surface area contributed by atoms with Gasteiger partial charge in [-0.3, -0.25) is 4.79 Å². The number of para-hydroxylation sites is 2. The summed E-state index contributed by atoms with van der Waals surface area (Å²) in [6.45, 7) is 0.510. The van der Waals surface area contributed by atoms with Crippen LogP contribution in [0.25, 0.3) is 11.0 Å². The van der Waals surface area contributed by atoms with Crippen LogP contribution in [0.2, 0.25) is 0 Å². The van der Waals surface area contributed by atoms with Crippen molar-refractivity contribution in [2.24, 2.45) is 0 Å². The van der Waals surface area contributed by atoms with E-state index in [1.54, 1.807) is 6.20 Å². The summed E-state index contributed by atoms with van der Waals surface area (Å²) in [7, 11) is 0. The fourth-order valence-electron chi connectivity index (χ4n) is 2.02. The summed E-state index contributed by atoms with van der Waals surface area (Å²) in [6, 6.07) is 11.4. The van der Waals surface area contributed by atoms with Gasteiger partial charge in [-0.2, -0.15) is 10.2 Å². The Labute approximate surface area is 124 Å². The zero-order valence-corrected chi connectivity index (χ0v) is 11.8. The number of hydrogen-bond acceptors (Lipinski definition) is 5. The topological polar surface area (TPSA) is 80.9 Å². The predicted molar refractivity (Wildman–Crippen MR) is 79.2 cm³/mol. The summed E-state index contributed by atoms with van der Waals surface area (Å²) < 4.78 is 1.97. The van der Waals surface area contributed by atoms with Crippen LogP contribution in [0.1, 0.15) is 5.69 Å². The molecule has 3 aromatic rings. The van der Waals surface area contributed by atoms with Gasteiger partial charge in [0.25, 0.3) is 0 Å². The summed E-state index contributed by atoms with van der Waals surface area (Å²) in [4.78, 5) is 15.3. The number of imidazole rings is 1. The van der Waals surface area contributed by atoms with Gasteiger partial charge in [-0.15, -0.1) is 0 Å². The minimum absolute atomic E-state index is 0.0240. The molecule has 0 fully saturated rings. The van der Waals surface area contributed by atoms with Gasteiger partial charge in [-0.25, -0.2) is 4.98 Å². The molecular weight excluding hydrogens is 288 g/mol. The maximum Gasteiger partial charge on any atom is 0.313 e. The van der Waals surface area contributed by atoms with Crippen LogP contribution < -0.4 is 0 Å². The van der Waals surface area contributed by atoms with Gasteiger partial charge in [0.05, 0.1) is 29.0 Å². The van der Waals surface area contributed by atoms with E-state index < -0.39 is 5.97 Å². The highest BCUT2D eigenvalue weighted by molar-refractivity contribution is 7.99. The van der Waals surface area contributed by atoms with Crippen molar-refractivity contribution in [2.75, 3.05) is 5.75 Å². The first-order chi connectivity index (χ1) is 10.2. The van der Waals surface area contributed by atoms with Gasteiger partial charge in [0, 0.05) is 6.20 Å². The van der Waals surface area contributed by atoms with Gasteiger partial charge in [0.15, 0.2) is 5.16 Å². The predicted octanol–water partition coefficient (Wildman–Crippen LogP) is 2.05. The van der Waals surface area contributed by atoms with Crippen molar-refractivity contribution in [1.82, 2.24) is 19.7 Å². The molecule has 0 saturated heterocycles. The molecule has 0 aliphatic rings. The minimum atomic E-state index is -0.863. The molecule has 0 aliphatic carbocycles. The molecule has 106 valence electrons. The minimum Gasteiger partial charge on any atom is -0.481 e. The van der Waals surface area contributed by atoms with Crippen molar-refractivity contribution >= 4 is 28.8 Å². The molecule has 0 saturated carbocycles. The van der Waals surface area contributed by atoms with Crippen LogP contribution in [0.5, 0.6) is 0 Å². The van der Waals surface area contributed by atoms with Crippen LogP contribution in [-0.2, 0) is 11.3 Å². The Morgan fingerprint density at radius 2 is 2.10 bits per heavy atom. The number of carboxylic acids is 1. The van der Waals surface area contributed by atoms with Crippen molar-refractivity contribution in [2.45, 2.75) is 11.7 Å². The van der Waals surface area contributed by atoms with Gasteiger partial charge < -0.3 is 9.67 Å². The number of nitrogens with zero attached hydrogens (tertiary/aromatic N) is 4. The molecule has 0 atom stereocenters. The summed E-state index contributed by atoms with van der Waals surface area (Å²) in [5.74, 6) is -0.887. The summed E-state index contributed by atoms with van der Waals surface area (Å²) in [6.07, 6.45) is 1.62. The van der Waals surface area contributed by atoms with Gasteiger partial charge in [-0.05, 0) is 24.3 Å². The van der Waals surface area contributed by atoms with Crippen molar-refractivity contribution in [3.8, 4) is 0 Å². The Kier molecular flexibility index (Phi) is 3.83. The lowest BCUT2D eigenvalue weighted by Gasteiger charge is -2.07. The van der Waals surface area contributed by atoms with E-state index in [-0.39, 0.29) is 5.75 Å². The molecule has 3 rings (SSSR count). The number of thioether (sulfide) groups is 1. The van der Waals surface area contributed by atoms with Crippen molar-refractivity contribution < 1.29 is 9.90 Å². The zero-order chi connectivity index (χ0) is 14.7. The van der Waals surface area contributed by atoms with Crippen LogP contribution in [0.4, 0.5) is 0 Å². The molecule has 0 aliphatic heterocycles. The van der Waals surface area contributed by atoms with E-state index in [4.69, 9.17) is 5.11 Å². The van der Waals surface area contributed by atoms with Crippen LogP contribution in [0, 0.1) is 0 Å². The molecule has 21 heavy (non-hydrogen) atoms. The van der Waals surface area contributed by atoms with Gasteiger partial charge in [-0.1, -0.05) is 23.9 Å². The summed E-state index contributed by atoms with van der Waals surface area (Å²) in [5.41, 5.74) is 2.60. The molecule has 0 radical (unpaired) electrons. The van der Waals surface area contributed by atoms with Crippen LogP contribution >= 0.6 is 11.8 Å². The molecule has 2 heterocycles. The number of rotatable bonds is 5. The number of carbonyl (C=O) groups is 1. The van der Waals surface area contributed by atoms with E-state index in [0.717, 1.165) is 16.7 Å². The number of aliphatic carboxylic acids is 1. The molecule has 1 N–H and O–H groups in total. The molecule has 2 aromatic heterocycles. The lowest BCUT2D eigenvalue weighted by molar-refractivity contribution is -0.133. The first kappa shape index (κ1) is 13.6. The Balaban J connectivity index is 2.00. The summed E-state index contributed by atoms with van der Waals surface area (Å²) >= 11 is 1.20. The zero-order valence-electron chi connectivity index (χ0n) is 11.0. The maximum absolute atomic E-state index is 10.8. The van der Waals surface area contributed by atoms with Crippen LogP contribution in [0.15, 0.2) is 47.8 Å². The van der Waals surface area contributed by atoms with E-state index in [2.05, 4.69) is 15.2 Å². The number of benzene rings is 1.